The Morgan fingerprint density at radius 3 is 2.68 bits per heavy atom. The summed E-state index contributed by atoms with van der Waals surface area (Å²) in [5, 5.41) is 2.75. The highest BCUT2D eigenvalue weighted by Crippen LogP contribution is 2.39. The first-order valence-corrected chi connectivity index (χ1v) is 8.86. The fraction of sp³-hybridized carbons (Fsp3) is 0.350. The zero-order valence-electron chi connectivity index (χ0n) is 15.7. The molecule has 28 heavy (non-hydrogen) atoms. The van der Waals surface area contributed by atoms with E-state index in [4.69, 9.17) is 9.47 Å². The van der Waals surface area contributed by atoms with Crippen molar-refractivity contribution in [1.82, 2.24) is 4.90 Å². The minimum absolute atomic E-state index is 0.0137. The second-order valence-electron chi connectivity index (χ2n) is 6.30. The van der Waals surface area contributed by atoms with Gasteiger partial charge in [-0.25, -0.2) is 4.79 Å². The topological polar surface area (TPSA) is 60.0 Å². The third-order valence-corrected chi connectivity index (χ3v) is 4.62. The molecule has 1 heterocycles. The molecule has 0 saturated carbocycles. The molecule has 2 amide bonds. The lowest BCUT2D eigenvalue weighted by Gasteiger charge is -2.27. The lowest BCUT2D eigenvalue weighted by atomic mass is 10.0. The molecular weight excluding hydrogens is 370 g/mol. The van der Waals surface area contributed by atoms with Crippen LogP contribution in [-0.4, -0.2) is 38.3 Å². The molecule has 2 aromatic rings. The SMILES string of the molecule is COc1ccc(OC)c(C2CCCN2C(=O)Nc2cccc(OC(F)F)c2)c1. The van der Waals surface area contributed by atoms with E-state index in [-0.39, 0.29) is 17.8 Å². The van der Waals surface area contributed by atoms with Crippen molar-refractivity contribution in [1.29, 1.82) is 0 Å². The van der Waals surface area contributed by atoms with E-state index >= 15 is 0 Å². The molecule has 0 aromatic heterocycles. The zero-order chi connectivity index (χ0) is 20.1. The number of rotatable bonds is 6. The van der Waals surface area contributed by atoms with Crippen LogP contribution in [-0.2, 0) is 0 Å². The zero-order valence-corrected chi connectivity index (χ0v) is 15.7. The van der Waals surface area contributed by atoms with Crippen LogP contribution in [0.25, 0.3) is 0 Å². The lowest BCUT2D eigenvalue weighted by molar-refractivity contribution is -0.0497. The molecule has 1 unspecified atom stereocenters. The Morgan fingerprint density at radius 2 is 1.96 bits per heavy atom. The van der Waals surface area contributed by atoms with E-state index in [1.54, 1.807) is 37.3 Å². The van der Waals surface area contributed by atoms with Crippen LogP contribution in [0.5, 0.6) is 17.2 Å². The first-order valence-electron chi connectivity index (χ1n) is 8.86. The summed E-state index contributed by atoms with van der Waals surface area (Å²) in [4.78, 5) is 14.5. The van der Waals surface area contributed by atoms with E-state index in [2.05, 4.69) is 10.1 Å². The van der Waals surface area contributed by atoms with E-state index in [9.17, 15) is 13.6 Å². The molecule has 1 saturated heterocycles. The number of carbonyl (C=O) groups excluding carboxylic acids is 1. The molecule has 1 atom stereocenters. The standard InChI is InChI=1S/C20H22F2N2O4/c1-26-14-8-9-18(27-2)16(12-14)17-7-4-10-24(17)20(25)23-13-5-3-6-15(11-13)28-19(21)22/h3,5-6,8-9,11-12,17,19H,4,7,10H2,1-2H3,(H,23,25). The van der Waals surface area contributed by atoms with Gasteiger partial charge in [-0.1, -0.05) is 6.07 Å². The predicted molar refractivity (Wildman–Crippen MR) is 100 cm³/mol. The van der Waals surface area contributed by atoms with E-state index < -0.39 is 6.61 Å². The first kappa shape index (κ1) is 19.7. The minimum atomic E-state index is -2.92. The maximum absolute atomic E-state index is 12.8. The number of carbonyl (C=O) groups is 1. The molecular formula is C20H22F2N2O4. The Labute approximate surface area is 162 Å². The average molecular weight is 392 g/mol. The van der Waals surface area contributed by atoms with Crippen molar-refractivity contribution in [3.8, 4) is 17.2 Å². The summed E-state index contributed by atoms with van der Waals surface area (Å²) in [7, 11) is 3.17. The molecule has 0 radical (unpaired) electrons. The number of anilines is 1. The number of hydrogen-bond acceptors (Lipinski definition) is 4. The van der Waals surface area contributed by atoms with Gasteiger partial charge in [0.15, 0.2) is 0 Å². The van der Waals surface area contributed by atoms with Gasteiger partial charge in [-0.05, 0) is 43.2 Å². The highest BCUT2D eigenvalue weighted by Gasteiger charge is 2.32. The Bertz CT molecular complexity index is 832. The second kappa shape index (κ2) is 8.77. The van der Waals surface area contributed by atoms with Crippen molar-refractivity contribution < 1.29 is 27.8 Å². The lowest BCUT2D eigenvalue weighted by Crippen LogP contribution is -2.34. The number of likely N-dealkylation sites (tertiary alicyclic amines) is 1. The third-order valence-electron chi connectivity index (χ3n) is 4.62. The Balaban J connectivity index is 1.79. The van der Waals surface area contributed by atoms with Gasteiger partial charge in [0.25, 0.3) is 0 Å². The summed E-state index contributed by atoms with van der Waals surface area (Å²) in [5.74, 6) is 1.35. The van der Waals surface area contributed by atoms with Crippen LogP contribution in [0.15, 0.2) is 42.5 Å². The molecule has 1 aliphatic heterocycles. The Morgan fingerprint density at radius 1 is 1.14 bits per heavy atom. The van der Waals surface area contributed by atoms with Gasteiger partial charge in [-0.2, -0.15) is 8.78 Å². The molecule has 0 bridgehead atoms. The number of ether oxygens (including phenoxy) is 3. The number of halogens is 2. The van der Waals surface area contributed by atoms with Gasteiger partial charge in [-0.3, -0.25) is 0 Å². The van der Waals surface area contributed by atoms with Gasteiger partial charge < -0.3 is 24.4 Å². The maximum atomic E-state index is 12.8. The monoisotopic (exact) mass is 392 g/mol. The van der Waals surface area contributed by atoms with Crippen molar-refractivity contribution in [2.24, 2.45) is 0 Å². The molecule has 2 aromatic carbocycles. The van der Waals surface area contributed by atoms with E-state index in [1.165, 1.54) is 12.1 Å². The molecule has 6 nitrogen and oxygen atoms in total. The van der Waals surface area contributed by atoms with Crippen LogP contribution >= 0.6 is 0 Å². The molecule has 1 fully saturated rings. The minimum Gasteiger partial charge on any atom is -0.497 e. The fourth-order valence-corrected chi connectivity index (χ4v) is 3.38. The van der Waals surface area contributed by atoms with Gasteiger partial charge in [0.1, 0.15) is 17.2 Å². The van der Waals surface area contributed by atoms with Crippen molar-refractivity contribution in [2.75, 3.05) is 26.1 Å². The Hall–Kier alpha value is -3.03. The summed E-state index contributed by atoms with van der Waals surface area (Å²) in [5.41, 5.74) is 1.25. The van der Waals surface area contributed by atoms with Gasteiger partial charge in [0.2, 0.25) is 0 Å². The first-order chi connectivity index (χ1) is 13.5. The van der Waals surface area contributed by atoms with Crippen molar-refractivity contribution >= 4 is 11.7 Å². The Kier molecular flexibility index (Phi) is 6.18. The number of nitrogens with zero attached hydrogens (tertiary/aromatic N) is 1. The number of amides is 2. The van der Waals surface area contributed by atoms with Crippen molar-refractivity contribution in [2.45, 2.75) is 25.5 Å². The van der Waals surface area contributed by atoms with Gasteiger partial charge in [0, 0.05) is 23.9 Å². The molecule has 150 valence electrons. The van der Waals surface area contributed by atoms with Crippen LogP contribution in [0.2, 0.25) is 0 Å². The molecule has 3 rings (SSSR count). The summed E-state index contributed by atoms with van der Waals surface area (Å²) in [6.07, 6.45) is 1.62. The van der Waals surface area contributed by atoms with Crippen molar-refractivity contribution in [3.63, 3.8) is 0 Å². The fourth-order valence-electron chi connectivity index (χ4n) is 3.38. The molecule has 8 heteroatoms. The van der Waals surface area contributed by atoms with Crippen LogP contribution in [0, 0.1) is 0 Å². The normalized spacial score (nSPS) is 16.2. The van der Waals surface area contributed by atoms with Crippen LogP contribution in [0.4, 0.5) is 19.3 Å². The number of hydrogen-bond donors (Lipinski definition) is 1. The largest absolute Gasteiger partial charge is 0.497 e. The quantitative estimate of drug-likeness (QED) is 0.776. The van der Waals surface area contributed by atoms with E-state index in [0.29, 0.717) is 23.7 Å². The third kappa shape index (κ3) is 4.44. The van der Waals surface area contributed by atoms with Crippen LogP contribution in [0.1, 0.15) is 24.4 Å². The second-order valence-corrected chi connectivity index (χ2v) is 6.30. The number of alkyl halides is 2. The smallest absolute Gasteiger partial charge is 0.387 e. The summed E-state index contributed by atoms with van der Waals surface area (Å²) in [6, 6.07) is 10.9. The summed E-state index contributed by atoms with van der Waals surface area (Å²) >= 11 is 0. The average Bonchev–Trinajstić information content (AvgIpc) is 3.17. The van der Waals surface area contributed by atoms with Crippen LogP contribution in [0.3, 0.4) is 0 Å². The van der Waals surface area contributed by atoms with E-state index in [1.807, 2.05) is 12.1 Å². The van der Waals surface area contributed by atoms with Gasteiger partial charge in [-0.15, -0.1) is 0 Å². The summed E-state index contributed by atoms with van der Waals surface area (Å²) in [6.45, 7) is -2.35. The molecule has 1 N–H and O–H groups in total. The van der Waals surface area contributed by atoms with Crippen LogP contribution < -0.4 is 19.5 Å². The van der Waals surface area contributed by atoms with E-state index in [0.717, 1.165) is 18.4 Å². The highest BCUT2D eigenvalue weighted by molar-refractivity contribution is 5.90. The number of benzene rings is 2. The number of methoxy groups -OCH3 is 2. The molecule has 1 aliphatic rings. The van der Waals surface area contributed by atoms with Crippen molar-refractivity contribution in [3.05, 3.63) is 48.0 Å². The molecule has 0 spiro atoms. The highest BCUT2D eigenvalue weighted by atomic mass is 19.3. The van der Waals surface area contributed by atoms with Gasteiger partial charge in [0.05, 0.1) is 20.3 Å². The number of urea groups is 1. The maximum Gasteiger partial charge on any atom is 0.387 e. The molecule has 0 aliphatic carbocycles. The summed E-state index contributed by atoms with van der Waals surface area (Å²) < 4.78 is 39.9. The number of nitrogens with one attached hydrogen (secondary N) is 1. The predicted octanol–water partition coefficient (Wildman–Crippen LogP) is 4.67. The van der Waals surface area contributed by atoms with Gasteiger partial charge >= 0.3 is 12.6 Å².